The Balaban J connectivity index is 2.42. The molecule has 0 fully saturated rings. The Morgan fingerprint density at radius 2 is 2.50 bits per heavy atom. The van der Waals surface area contributed by atoms with E-state index in [2.05, 4.69) is 25.4 Å². The lowest BCUT2D eigenvalue weighted by Gasteiger charge is -2.01. The SMILES string of the molecule is CN=[N+]=NCc1nc(Cl)cc2c1CNC2=O. The van der Waals surface area contributed by atoms with Crippen molar-refractivity contribution in [2.45, 2.75) is 13.1 Å². The Hall–Kier alpha value is -1.78. The molecule has 1 N–H and O–H groups in total. The molecular formula is C9H9ClN5O+. The van der Waals surface area contributed by atoms with Crippen molar-refractivity contribution >= 4 is 17.5 Å². The second kappa shape index (κ2) is 4.38. The van der Waals surface area contributed by atoms with Crippen molar-refractivity contribution in [3.8, 4) is 0 Å². The van der Waals surface area contributed by atoms with Crippen molar-refractivity contribution in [3.05, 3.63) is 28.0 Å². The fourth-order valence-electron chi connectivity index (χ4n) is 1.55. The van der Waals surface area contributed by atoms with Gasteiger partial charge in [-0.3, -0.25) is 4.79 Å². The molecule has 16 heavy (non-hydrogen) atoms. The molecule has 82 valence electrons. The van der Waals surface area contributed by atoms with E-state index in [0.29, 0.717) is 17.8 Å². The van der Waals surface area contributed by atoms with E-state index in [0.717, 1.165) is 5.56 Å². The van der Waals surface area contributed by atoms with Crippen LogP contribution in [-0.4, -0.2) is 17.9 Å². The van der Waals surface area contributed by atoms with Gasteiger partial charge in [0, 0.05) is 17.7 Å². The Morgan fingerprint density at radius 3 is 3.25 bits per heavy atom. The van der Waals surface area contributed by atoms with Crippen LogP contribution >= 0.6 is 11.6 Å². The molecule has 0 aromatic carbocycles. The van der Waals surface area contributed by atoms with Gasteiger partial charge in [-0.25, -0.2) is 4.98 Å². The molecule has 1 aromatic heterocycles. The highest BCUT2D eigenvalue weighted by atomic mass is 35.5. The van der Waals surface area contributed by atoms with Gasteiger partial charge >= 0.3 is 0 Å². The first kappa shape index (κ1) is 10.7. The van der Waals surface area contributed by atoms with Crippen LogP contribution in [0.4, 0.5) is 0 Å². The fourth-order valence-corrected chi connectivity index (χ4v) is 1.76. The highest BCUT2D eigenvalue weighted by Crippen LogP contribution is 2.22. The largest absolute Gasteiger partial charge is 0.348 e. The lowest BCUT2D eigenvalue weighted by atomic mass is 10.1. The molecule has 0 bridgehead atoms. The fraction of sp³-hybridized carbons (Fsp3) is 0.333. The van der Waals surface area contributed by atoms with Gasteiger partial charge in [-0.2, -0.15) is 0 Å². The number of carbonyl (C=O) groups is 1. The van der Waals surface area contributed by atoms with E-state index >= 15 is 0 Å². The second-order valence-corrected chi connectivity index (χ2v) is 3.58. The number of amides is 1. The van der Waals surface area contributed by atoms with Crippen LogP contribution in [0.5, 0.6) is 0 Å². The minimum Gasteiger partial charge on any atom is -0.348 e. The summed E-state index contributed by atoms with van der Waals surface area (Å²) in [4.78, 5) is 19.1. The number of aromatic nitrogens is 1. The van der Waals surface area contributed by atoms with E-state index in [1.54, 1.807) is 6.07 Å². The standard InChI is InChI=1S/C9H8ClN5O/c1-11-15-13-4-7-6-3-12-9(16)5(6)2-8(10)14-7/h2H,3-4H2,1H3/p+1. The number of halogens is 1. The van der Waals surface area contributed by atoms with Crippen molar-refractivity contribution in [1.82, 2.24) is 15.2 Å². The molecule has 1 amide bonds. The van der Waals surface area contributed by atoms with E-state index in [-0.39, 0.29) is 17.6 Å². The van der Waals surface area contributed by atoms with Gasteiger partial charge in [0.15, 0.2) is 6.54 Å². The molecule has 0 atom stereocenters. The summed E-state index contributed by atoms with van der Waals surface area (Å²) in [6.45, 7) is 0.738. The van der Waals surface area contributed by atoms with Crippen LogP contribution in [-0.2, 0) is 13.1 Å². The normalized spacial score (nSPS) is 12.8. The first-order valence-corrected chi connectivity index (χ1v) is 5.02. The van der Waals surface area contributed by atoms with Crippen LogP contribution in [0.25, 0.3) is 0 Å². The Morgan fingerprint density at radius 1 is 1.69 bits per heavy atom. The molecule has 0 unspecified atom stereocenters. The number of hydrogen-bond acceptors (Lipinski definition) is 4. The minimum atomic E-state index is -0.127. The van der Waals surface area contributed by atoms with E-state index in [4.69, 9.17) is 11.6 Å². The van der Waals surface area contributed by atoms with Crippen LogP contribution in [0.3, 0.4) is 0 Å². The zero-order chi connectivity index (χ0) is 11.5. The molecule has 0 spiro atoms. The number of rotatable bonds is 2. The quantitative estimate of drug-likeness (QED) is 0.475. The van der Waals surface area contributed by atoms with Crippen molar-refractivity contribution < 1.29 is 4.79 Å². The van der Waals surface area contributed by atoms with Gasteiger partial charge < -0.3 is 5.32 Å². The maximum absolute atomic E-state index is 11.4. The zero-order valence-corrected chi connectivity index (χ0v) is 9.32. The molecular weight excluding hydrogens is 230 g/mol. The first-order valence-electron chi connectivity index (χ1n) is 4.64. The predicted molar refractivity (Wildman–Crippen MR) is 57.0 cm³/mol. The van der Waals surface area contributed by atoms with Crippen molar-refractivity contribution in [2.24, 2.45) is 10.2 Å². The first-order chi connectivity index (χ1) is 7.72. The van der Waals surface area contributed by atoms with Gasteiger partial charge in [-0.15, -0.1) is 0 Å². The maximum Gasteiger partial charge on any atom is 0.252 e. The number of hydrogen-bond donors (Lipinski definition) is 1. The summed E-state index contributed by atoms with van der Waals surface area (Å²) < 4.78 is 0. The lowest BCUT2D eigenvalue weighted by molar-refractivity contribution is 0.0965. The number of fused-ring (bicyclic) bond motifs is 1. The topological polar surface area (TPSA) is 80.8 Å². The molecule has 0 saturated carbocycles. The zero-order valence-electron chi connectivity index (χ0n) is 8.57. The second-order valence-electron chi connectivity index (χ2n) is 3.19. The summed E-state index contributed by atoms with van der Waals surface area (Å²) in [5, 5.41) is 10.3. The molecule has 1 aliphatic rings. The average molecular weight is 239 g/mol. The molecule has 0 saturated heterocycles. The molecule has 0 radical (unpaired) electrons. The third-order valence-corrected chi connectivity index (χ3v) is 2.42. The third kappa shape index (κ3) is 1.93. The van der Waals surface area contributed by atoms with Gasteiger partial charge in [0.25, 0.3) is 5.91 Å². The summed E-state index contributed by atoms with van der Waals surface area (Å²) in [7, 11) is 1.53. The molecule has 1 aromatic rings. The molecule has 2 rings (SSSR count). The summed E-state index contributed by atoms with van der Waals surface area (Å²) in [5.41, 5.74) is 2.07. The van der Waals surface area contributed by atoms with Crippen LogP contribution in [0.15, 0.2) is 16.3 Å². The van der Waals surface area contributed by atoms with E-state index in [9.17, 15) is 4.79 Å². The van der Waals surface area contributed by atoms with E-state index in [1.807, 2.05) is 0 Å². The van der Waals surface area contributed by atoms with Gasteiger partial charge in [-0.05, 0) is 6.07 Å². The van der Waals surface area contributed by atoms with Crippen molar-refractivity contribution in [2.75, 3.05) is 7.05 Å². The molecule has 6 nitrogen and oxygen atoms in total. The highest BCUT2D eigenvalue weighted by molar-refractivity contribution is 6.29. The van der Waals surface area contributed by atoms with Gasteiger partial charge in [0.2, 0.25) is 4.91 Å². The molecule has 1 aliphatic heterocycles. The summed E-state index contributed by atoms with van der Waals surface area (Å²) in [6, 6.07) is 1.56. The van der Waals surface area contributed by atoms with E-state index in [1.165, 1.54) is 7.05 Å². The Bertz CT molecular complexity index is 507. The third-order valence-electron chi connectivity index (χ3n) is 2.22. The van der Waals surface area contributed by atoms with Crippen LogP contribution < -0.4 is 10.2 Å². The minimum absolute atomic E-state index is 0.127. The van der Waals surface area contributed by atoms with Crippen LogP contribution in [0.2, 0.25) is 5.15 Å². The molecule has 2 heterocycles. The maximum atomic E-state index is 11.4. The van der Waals surface area contributed by atoms with Crippen molar-refractivity contribution in [1.29, 1.82) is 0 Å². The average Bonchev–Trinajstić information content (AvgIpc) is 2.61. The summed E-state index contributed by atoms with van der Waals surface area (Å²) in [5.74, 6) is -0.127. The van der Waals surface area contributed by atoms with Crippen molar-refractivity contribution in [3.63, 3.8) is 0 Å². The van der Waals surface area contributed by atoms with Crippen LogP contribution in [0, 0.1) is 0 Å². The Labute approximate surface area is 96.5 Å². The smallest absolute Gasteiger partial charge is 0.252 e. The number of nitrogens with one attached hydrogen (secondary N) is 1. The van der Waals surface area contributed by atoms with Gasteiger partial charge in [0.05, 0.1) is 5.69 Å². The van der Waals surface area contributed by atoms with Gasteiger partial charge in [-0.1, -0.05) is 11.6 Å². The summed E-state index contributed by atoms with van der Waals surface area (Å²) in [6.07, 6.45) is 0. The predicted octanol–water partition coefficient (Wildman–Crippen LogP) is 1.08. The van der Waals surface area contributed by atoms with Gasteiger partial charge in [0.1, 0.15) is 22.4 Å². The monoisotopic (exact) mass is 238 g/mol. The Kier molecular flexibility index (Phi) is 2.94. The lowest BCUT2D eigenvalue weighted by Crippen LogP contribution is -2.12. The molecule has 0 aliphatic carbocycles. The number of carbonyl (C=O) groups excluding carboxylic acids is 1. The molecule has 7 heteroatoms. The number of nitrogens with zero attached hydrogens (tertiary/aromatic N) is 4. The number of pyridine rings is 1. The van der Waals surface area contributed by atoms with Crippen LogP contribution in [0.1, 0.15) is 21.6 Å². The van der Waals surface area contributed by atoms with E-state index < -0.39 is 0 Å². The highest BCUT2D eigenvalue weighted by Gasteiger charge is 2.23. The summed E-state index contributed by atoms with van der Waals surface area (Å²) >= 11 is 5.82.